The van der Waals surface area contributed by atoms with Crippen LogP contribution in [0.3, 0.4) is 0 Å². The van der Waals surface area contributed by atoms with Crippen LogP contribution in [0.4, 0.5) is 17.1 Å². The lowest BCUT2D eigenvalue weighted by molar-refractivity contribution is 0.102. The normalized spacial score (nSPS) is 10.6. The first-order valence-corrected chi connectivity index (χ1v) is 11.0. The number of aryl methyl sites for hydroxylation is 1. The predicted octanol–water partition coefficient (Wildman–Crippen LogP) is 7.33. The molecular formula is C29H23N3O2. The maximum absolute atomic E-state index is 13.0. The van der Waals surface area contributed by atoms with Gasteiger partial charge in [0, 0.05) is 34.6 Å². The fourth-order valence-corrected chi connectivity index (χ4v) is 3.75. The number of ether oxygens (including phenoxy) is 1. The number of pyridine rings is 1. The average Bonchev–Trinajstić information content (AvgIpc) is 2.87. The fourth-order valence-electron chi connectivity index (χ4n) is 3.75. The van der Waals surface area contributed by atoms with Gasteiger partial charge in [-0.1, -0.05) is 48.5 Å². The summed E-state index contributed by atoms with van der Waals surface area (Å²) in [6.07, 6.45) is 1.85. The summed E-state index contributed by atoms with van der Waals surface area (Å²) >= 11 is 0. The molecule has 5 aromatic rings. The number of nitrogens with zero attached hydrogens (tertiary/aromatic N) is 1. The molecule has 5 nitrogen and oxygen atoms in total. The van der Waals surface area contributed by atoms with Gasteiger partial charge in [-0.05, 0) is 61.0 Å². The highest BCUT2D eigenvalue weighted by Crippen LogP contribution is 2.29. The molecular weight excluding hydrogens is 422 g/mol. The van der Waals surface area contributed by atoms with E-state index in [1.54, 1.807) is 12.1 Å². The van der Waals surface area contributed by atoms with Gasteiger partial charge in [0.05, 0.1) is 11.2 Å². The third-order valence-corrected chi connectivity index (χ3v) is 5.43. The molecule has 4 aromatic carbocycles. The Morgan fingerprint density at radius 2 is 1.50 bits per heavy atom. The van der Waals surface area contributed by atoms with E-state index in [0.29, 0.717) is 17.0 Å². The Morgan fingerprint density at radius 3 is 2.38 bits per heavy atom. The highest BCUT2D eigenvalue weighted by molar-refractivity contribution is 6.05. The zero-order chi connectivity index (χ0) is 23.3. The number of benzene rings is 4. The molecule has 5 heteroatoms. The van der Waals surface area contributed by atoms with Crippen molar-refractivity contribution in [1.29, 1.82) is 0 Å². The Bertz CT molecular complexity index is 1470. The lowest BCUT2D eigenvalue weighted by atomic mass is 10.1. The van der Waals surface area contributed by atoms with E-state index in [9.17, 15) is 4.79 Å². The molecule has 0 radical (unpaired) electrons. The molecule has 0 atom stereocenters. The van der Waals surface area contributed by atoms with Gasteiger partial charge < -0.3 is 15.4 Å². The van der Waals surface area contributed by atoms with Crippen molar-refractivity contribution in [3.8, 4) is 11.5 Å². The minimum absolute atomic E-state index is 0.197. The van der Waals surface area contributed by atoms with Gasteiger partial charge in [-0.15, -0.1) is 0 Å². The lowest BCUT2D eigenvalue weighted by Gasteiger charge is -2.14. The number of para-hydroxylation sites is 2. The zero-order valence-electron chi connectivity index (χ0n) is 18.7. The molecule has 34 heavy (non-hydrogen) atoms. The second kappa shape index (κ2) is 9.46. The van der Waals surface area contributed by atoms with Crippen molar-refractivity contribution >= 4 is 33.9 Å². The molecule has 0 spiro atoms. The largest absolute Gasteiger partial charge is 0.457 e. The number of carbonyl (C=O) groups is 1. The van der Waals surface area contributed by atoms with E-state index in [1.165, 1.54) is 0 Å². The quantitative estimate of drug-likeness (QED) is 0.287. The van der Waals surface area contributed by atoms with Crippen molar-refractivity contribution in [2.24, 2.45) is 0 Å². The van der Waals surface area contributed by atoms with Crippen molar-refractivity contribution in [3.63, 3.8) is 0 Å². The van der Waals surface area contributed by atoms with Crippen LogP contribution in [0.25, 0.3) is 10.9 Å². The van der Waals surface area contributed by atoms with Crippen LogP contribution in [0.5, 0.6) is 11.5 Å². The van der Waals surface area contributed by atoms with Gasteiger partial charge in [0.1, 0.15) is 11.5 Å². The molecule has 0 saturated heterocycles. The molecule has 0 fully saturated rings. The zero-order valence-corrected chi connectivity index (χ0v) is 18.7. The first-order chi connectivity index (χ1) is 16.7. The molecule has 2 N–H and O–H groups in total. The molecule has 5 rings (SSSR count). The van der Waals surface area contributed by atoms with E-state index in [2.05, 4.69) is 15.6 Å². The fraction of sp³-hybridized carbons (Fsp3) is 0.0345. The average molecular weight is 446 g/mol. The minimum atomic E-state index is -0.197. The van der Waals surface area contributed by atoms with E-state index in [1.807, 2.05) is 104 Å². The maximum Gasteiger partial charge on any atom is 0.255 e. The molecule has 1 amide bonds. The Labute approximate surface area is 198 Å². The van der Waals surface area contributed by atoms with Gasteiger partial charge in [-0.25, -0.2) is 0 Å². The van der Waals surface area contributed by atoms with Crippen LogP contribution in [-0.4, -0.2) is 10.9 Å². The molecule has 0 bridgehead atoms. The molecule has 166 valence electrons. The first-order valence-electron chi connectivity index (χ1n) is 11.0. The number of fused-ring (bicyclic) bond motifs is 1. The van der Waals surface area contributed by atoms with Crippen LogP contribution in [-0.2, 0) is 0 Å². The summed E-state index contributed by atoms with van der Waals surface area (Å²) in [6, 6.07) is 32.3. The van der Waals surface area contributed by atoms with Gasteiger partial charge in [0.15, 0.2) is 0 Å². The smallest absolute Gasteiger partial charge is 0.255 e. The Kier molecular flexibility index (Phi) is 5.91. The molecule has 1 aromatic heterocycles. The van der Waals surface area contributed by atoms with Crippen LogP contribution >= 0.6 is 0 Å². The highest BCUT2D eigenvalue weighted by atomic mass is 16.5. The van der Waals surface area contributed by atoms with Gasteiger partial charge in [-0.3, -0.25) is 9.78 Å². The van der Waals surface area contributed by atoms with E-state index in [0.717, 1.165) is 33.6 Å². The summed E-state index contributed by atoms with van der Waals surface area (Å²) in [6.45, 7) is 2.02. The van der Waals surface area contributed by atoms with Crippen LogP contribution < -0.4 is 15.4 Å². The summed E-state index contributed by atoms with van der Waals surface area (Å²) < 4.78 is 5.87. The third kappa shape index (κ3) is 4.74. The van der Waals surface area contributed by atoms with E-state index < -0.39 is 0 Å². The Balaban J connectivity index is 1.34. The maximum atomic E-state index is 13.0. The van der Waals surface area contributed by atoms with Gasteiger partial charge in [0.25, 0.3) is 5.91 Å². The number of nitrogens with one attached hydrogen (secondary N) is 2. The van der Waals surface area contributed by atoms with E-state index in [-0.39, 0.29) is 5.91 Å². The molecule has 1 heterocycles. The number of carbonyl (C=O) groups excluding carboxylic acids is 1. The van der Waals surface area contributed by atoms with Crippen LogP contribution in [0.2, 0.25) is 0 Å². The molecule has 0 aliphatic carbocycles. The predicted molar refractivity (Wildman–Crippen MR) is 137 cm³/mol. The SMILES string of the molecule is Cc1cnc2ccccc2c1Nc1cccc(C(=O)Nc2cccc(Oc3ccccc3)c2)c1. The summed E-state index contributed by atoms with van der Waals surface area (Å²) in [5, 5.41) is 7.47. The van der Waals surface area contributed by atoms with Gasteiger partial charge >= 0.3 is 0 Å². The number of amides is 1. The van der Waals surface area contributed by atoms with Crippen molar-refractivity contribution in [1.82, 2.24) is 4.98 Å². The number of anilines is 3. The van der Waals surface area contributed by atoms with Crippen molar-refractivity contribution in [3.05, 3.63) is 120 Å². The molecule has 0 saturated carbocycles. The van der Waals surface area contributed by atoms with Crippen molar-refractivity contribution < 1.29 is 9.53 Å². The van der Waals surface area contributed by atoms with Crippen LogP contribution in [0, 0.1) is 6.92 Å². The molecule has 0 unspecified atom stereocenters. The Hall–Kier alpha value is -4.64. The number of hydrogen-bond donors (Lipinski definition) is 2. The third-order valence-electron chi connectivity index (χ3n) is 5.43. The summed E-state index contributed by atoms with van der Waals surface area (Å²) in [4.78, 5) is 17.5. The van der Waals surface area contributed by atoms with E-state index >= 15 is 0 Å². The number of aromatic nitrogens is 1. The van der Waals surface area contributed by atoms with Gasteiger partial charge in [-0.2, -0.15) is 0 Å². The minimum Gasteiger partial charge on any atom is -0.457 e. The van der Waals surface area contributed by atoms with Crippen LogP contribution in [0.1, 0.15) is 15.9 Å². The van der Waals surface area contributed by atoms with Gasteiger partial charge in [0.2, 0.25) is 0 Å². The van der Waals surface area contributed by atoms with E-state index in [4.69, 9.17) is 4.74 Å². The topological polar surface area (TPSA) is 63.2 Å². The monoisotopic (exact) mass is 445 g/mol. The number of hydrogen-bond acceptors (Lipinski definition) is 4. The number of rotatable bonds is 6. The molecule has 0 aliphatic rings. The summed E-state index contributed by atoms with van der Waals surface area (Å²) in [5.74, 6) is 1.19. The van der Waals surface area contributed by atoms with Crippen molar-refractivity contribution in [2.75, 3.05) is 10.6 Å². The second-order valence-corrected chi connectivity index (χ2v) is 7.94. The highest BCUT2D eigenvalue weighted by Gasteiger charge is 2.10. The lowest BCUT2D eigenvalue weighted by Crippen LogP contribution is -2.12. The summed E-state index contributed by atoms with van der Waals surface area (Å²) in [7, 11) is 0. The first kappa shape index (κ1) is 21.2. The second-order valence-electron chi connectivity index (χ2n) is 7.94. The Morgan fingerprint density at radius 1 is 0.765 bits per heavy atom. The van der Waals surface area contributed by atoms with Crippen LogP contribution in [0.15, 0.2) is 109 Å². The standard InChI is InChI=1S/C29H23N3O2/c1-20-19-30-27-16-6-5-15-26(27)28(20)31-22-10-7-9-21(17-22)29(33)32-23-11-8-14-25(18-23)34-24-12-3-2-4-13-24/h2-19H,1H3,(H,30,31)(H,32,33). The molecule has 0 aliphatic heterocycles. The summed E-state index contributed by atoms with van der Waals surface area (Å²) in [5.41, 5.74) is 4.97. The van der Waals surface area contributed by atoms with Crippen molar-refractivity contribution in [2.45, 2.75) is 6.92 Å².